The minimum absolute atomic E-state index is 0.131. The van der Waals surface area contributed by atoms with E-state index in [2.05, 4.69) is 0 Å². The molecule has 10 atom stereocenters. The molecule has 0 saturated carbocycles. The number of benzene rings is 3. The van der Waals surface area contributed by atoms with Crippen LogP contribution in [0.5, 0.6) is 0 Å². The fraction of sp³-hybridized carbons (Fsp3) is 0.417. The van der Waals surface area contributed by atoms with Crippen LogP contribution in [0, 0.1) is 0 Å². The van der Waals surface area contributed by atoms with E-state index < -0.39 is 91.8 Å². The lowest BCUT2D eigenvalue weighted by Gasteiger charge is -2.44. The van der Waals surface area contributed by atoms with E-state index in [-0.39, 0.29) is 23.3 Å². The minimum Gasteiger partial charge on any atom is -0.459 e. The van der Waals surface area contributed by atoms with Crippen LogP contribution in [0.15, 0.2) is 91.0 Å². The van der Waals surface area contributed by atoms with Crippen molar-refractivity contribution < 1.29 is 61.4 Å². The average molecular weight is 679 g/mol. The van der Waals surface area contributed by atoms with Gasteiger partial charge in [-0.15, -0.1) is 0 Å². The number of halogens is 1. The third-order valence-corrected chi connectivity index (χ3v) is 8.61. The molecule has 3 aromatic carbocycles. The van der Waals surface area contributed by atoms with Gasteiger partial charge in [0, 0.05) is 0 Å². The molecule has 4 saturated heterocycles. The fourth-order valence-electron chi connectivity index (χ4n) is 6.33. The van der Waals surface area contributed by atoms with Crippen molar-refractivity contribution in [2.45, 2.75) is 81.1 Å². The number of hydrogen-bond donors (Lipinski definition) is 0. The van der Waals surface area contributed by atoms with Crippen molar-refractivity contribution in [3.05, 3.63) is 108 Å². The number of carbonyl (C=O) groups excluding carboxylic acids is 3. The lowest BCUT2D eigenvalue weighted by atomic mass is 9.98. The van der Waals surface area contributed by atoms with Gasteiger partial charge in [-0.2, -0.15) is 0 Å². The van der Waals surface area contributed by atoms with E-state index in [9.17, 15) is 14.4 Å². The van der Waals surface area contributed by atoms with E-state index in [1.54, 1.807) is 80.6 Å². The first-order chi connectivity index (χ1) is 23.7. The van der Waals surface area contributed by atoms with Crippen LogP contribution < -0.4 is 0 Å². The van der Waals surface area contributed by atoms with Crippen LogP contribution in [0.4, 0.5) is 4.39 Å². The van der Waals surface area contributed by atoms with Gasteiger partial charge in [0.05, 0.1) is 23.3 Å². The molecule has 0 amide bonds. The zero-order valence-corrected chi connectivity index (χ0v) is 26.6. The summed E-state index contributed by atoms with van der Waals surface area (Å²) in [6.45, 7) is 3.18. The Bertz CT molecular complexity index is 1620. The van der Waals surface area contributed by atoms with Crippen LogP contribution in [0.3, 0.4) is 0 Å². The molecule has 2 bridgehead atoms. The van der Waals surface area contributed by atoms with E-state index in [0.717, 1.165) is 0 Å². The summed E-state index contributed by atoms with van der Waals surface area (Å²) in [5.74, 6) is -3.41. The summed E-state index contributed by atoms with van der Waals surface area (Å²) in [4.78, 5) is 39.7. The first kappa shape index (κ1) is 33.3. The Morgan fingerprint density at radius 1 is 0.714 bits per heavy atom. The predicted molar refractivity (Wildman–Crippen MR) is 165 cm³/mol. The van der Waals surface area contributed by atoms with Gasteiger partial charge in [-0.3, -0.25) is 0 Å². The maximum Gasteiger partial charge on any atom is 0.338 e. The number of ether oxygens (including phenoxy) is 9. The van der Waals surface area contributed by atoms with Gasteiger partial charge >= 0.3 is 17.9 Å². The Kier molecular flexibility index (Phi) is 9.46. The summed E-state index contributed by atoms with van der Waals surface area (Å²) in [6, 6.07) is 24.2. The van der Waals surface area contributed by atoms with Crippen molar-refractivity contribution in [3.8, 4) is 0 Å². The maximum atomic E-state index is 16.8. The van der Waals surface area contributed by atoms with Gasteiger partial charge in [0.25, 0.3) is 0 Å². The van der Waals surface area contributed by atoms with Crippen molar-refractivity contribution in [2.75, 3.05) is 13.2 Å². The van der Waals surface area contributed by atoms with Gasteiger partial charge in [0.1, 0.15) is 37.1 Å². The first-order valence-corrected chi connectivity index (χ1v) is 16.0. The smallest absolute Gasteiger partial charge is 0.338 e. The molecule has 0 radical (unpaired) electrons. The second-order valence-corrected chi connectivity index (χ2v) is 12.5. The van der Waals surface area contributed by atoms with E-state index in [0.29, 0.717) is 0 Å². The largest absolute Gasteiger partial charge is 0.459 e. The first-order valence-electron chi connectivity index (χ1n) is 16.0. The average Bonchev–Trinajstić information content (AvgIpc) is 3.71. The highest BCUT2D eigenvalue weighted by Gasteiger charge is 2.61. The number of esters is 3. The topological polar surface area (TPSA) is 134 Å². The lowest BCUT2D eigenvalue weighted by Crippen LogP contribution is -2.63. The molecule has 13 heteroatoms. The Morgan fingerprint density at radius 3 is 1.84 bits per heavy atom. The second-order valence-electron chi connectivity index (χ2n) is 12.5. The van der Waals surface area contributed by atoms with Gasteiger partial charge in [-0.1, -0.05) is 54.6 Å². The van der Waals surface area contributed by atoms with Gasteiger partial charge in [-0.25, -0.2) is 18.8 Å². The monoisotopic (exact) mass is 678 g/mol. The number of fused-ring (bicyclic) bond motifs is 4. The van der Waals surface area contributed by atoms with Crippen LogP contribution in [0.25, 0.3) is 0 Å². The van der Waals surface area contributed by atoms with Crippen molar-refractivity contribution in [1.82, 2.24) is 0 Å². The Hall–Kier alpha value is -4.24. The Labute approximate surface area is 281 Å². The van der Waals surface area contributed by atoms with Crippen LogP contribution in [-0.4, -0.2) is 98.4 Å². The number of carbonyl (C=O) groups is 3. The molecular weight excluding hydrogens is 643 g/mol. The van der Waals surface area contributed by atoms with Crippen LogP contribution in [0.1, 0.15) is 44.9 Å². The molecule has 0 aliphatic carbocycles. The van der Waals surface area contributed by atoms with Gasteiger partial charge in [0.15, 0.2) is 36.7 Å². The summed E-state index contributed by atoms with van der Waals surface area (Å²) >= 11 is 0. The zero-order valence-electron chi connectivity index (χ0n) is 26.6. The third kappa shape index (κ3) is 7.09. The van der Waals surface area contributed by atoms with E-state index in [1.165, 1.54) is 24.3 Å². The van der Waals surface area contributed by atoms with E-state index in [1.807, 2.05) is 0 Å². The Morgan fingerprint density at radius 2 is 1.24 bits per heavy atom. The predicted octanol–water partition coefficient (Wildman–Crippen LogP) is 4.02. The molecule has 0 N–H and O–H groups in total. The zero-order chi connectivity index (χ0) is 34.1. The highest BCUT2D eigenvalue weighted by Crippen LogP contribution is 2.43. The summed E-state index contributed by atoms with van der Waals surface area (Å²) in [5, 5.41) is 0. The molecule has 4 aliphatic heterocycles. The molecule has 49 heavy (non-hydrogen) atoms. The van der Waals surface area contributed by atoms with Crippen LogP contribution in [-0.2, 0) is 42.6 Å². The number of rotatable bonds is 9. The summed E-state index contributed by atoms with van der Waals surface area (Å²) < 4.78 is 70.3. The summed E-state index contributed by atoms with van der Waals surface area (Å²) in [6.07, 6.45) is -12.3. The number of hydrogen-bond acceptors (Lipinski definition) is 12. The van der Waals surface area contributed by atoms with Gasteiger partial charge in [-0.05, 0) is 50.2 Å². The molecule has 0 aromatic heterocycles. The third-order valence-electron chi connectivity index (χ3n) is 8.61. The fourth-order valence-corrected chi connectivity index (χ4v) is 6.33. The molecule has 258 valence electrons. The summed E-state index contributed by atoms with van der Waals surface area (Å²) in [5.41, 5.74) is 0.536. The molecule has 4 aliphatic rings. The van der Waals surface area contributed by atoms with Gasteiger partial charge in [0.2, 0.25) is 0 Å². The summed E-state index contributed by atoms with van der Waals surface area (Å²) in [7, 11) is 0. The van der Waals surface area contributed by atoms with Crippen LogP contribution in [0.2, 0.25) is 0 Å². The molecule has 0 unspecified atom stereocenters. The number of alkyl halides is 1. The molecule has 12 nitrogen and oxygen atoms in total. The Balaban J connectivity index is 1.20. The van der Waals surface area contributed by atoms with E-state index >= 15 is 4.39 Å². The van der Waals surface area contributed by atoms with Crippen LogP contribution >= 0.6 is 0 Å². The quantitative estimate of drug-likeness (QED) is 0.239. The standard InChI is InChI=1S/C36H35FO12/c1-36(2)48-27-24-19-42-35(44-24)30(29(27)49-36)47-34-25(37)28(46-33(40)22-16-10-5-11-17-22)26(45-32(39)21-14-8-4-9-15-21)23(43-34)18-41-31(38)20-12-6-3-7-13-20/h3-17,23-30,34-35H,18-19H2,1-2H3/t23-,24-,25-,26+,27+,28-,29+,30-,34-,35-/m1/s1. The minimum atomic E-state index is -2.21. The van der Waals surface area contributed by atoms with Crippen molar-refractivity contribution >= 4 is 17.9 Å². The lowest BCUT2D eigenvalue weighted by molar-refractivity contribution is -0.330. The highest BCUT2D eigenvalue weighted by molar-refractivity contribution is 5.91. The van der Waals surface area contributed by atoms with Crippen molar-refractivity contribution in [2.24, 2.45) is 0 Å². The molecule has 0 spiro atoms. The molecule has 7 rings (SSSR count). The van der Waals surface area contributed by atoms with Crippen molar-refractivity contribution in [3.63, 3.8) is 0 Å². The van der Waals surface area contributed by atoms with Gasteiger partial charge < -0.3 is 42.6 Å². The molecule has 4 heterocycles. The molecular formula is C36H35FO12. The van der Waals surface area contributed by atoms with E-state index in [4.69, 9.17) is 42.6 Å². The molecule has 4 fully saturated rings. The SMILES string of the molecule is CC1(C)O[C@H]2[C@@H](O1)[C@H]1CO[C@H](O1)[C@@H]2O[C@H]1O[C@H](COC(=O)c2ccccc2)[C@H](OC(=O)c2ccccc2)[C@H](OC(=O)c2ccccc2)[C@H]1F. The normalized spacial score (nSPS) is 32.9. The molecule has 3 aromatic rings. The highest BCUT2D eigenvalue weighted by atomic mass is 19.1. The van der Waals surface area contributed by atoms with Crippen molar-refractivity contribution in [1.29, 1.82) is 0 Å². The second kappa shape index (κ2) is 13.9. The maximum absolute atomic E-state index is 16.8.